The van der Waals surface area contributed by atoms with Gasteiger partial charge in [-0.25, -0.2) is 0 Å². The number of carbonyl (C=O) groups excluding carboxylic acids is 1. The molecule has 212 valence electrons. The summed E-state index contributed by atoms with van der Waals surface area (Å²) >= 11 is 1.67. The van der Waals surface area contributed by atoms with E-state index in [0.29, 0.717) is 31.2 Å². The molecule has 0 unspecified atom stereocenters. The van der Waals surface area contributed by atoms with E-state index in [-0.39, 0.29) is 11.8 Å². The lowest BCUT2D eigenvalue weighted by atomic mass is 9.85. The molecule has 2 aliphatic rings. The van der Waals surface area contributed by atoms with E-state index < -0.39 is 6.10 Å². The van der Waals surface area contributed by atoms with Crippen LogP contribution in [0.4, 0.5) is 0 Å². The zero-order valence-electron chi connectivity index (χ0n) is 23.9. The van der Waals surface area contributed by atoms with Crippen LogP contribution in [-0.2, 0) is 30.6 Å². The van der Waals surface area contributed by atoms with E-state index in [0.717, 1.165) is 53.1 Å². The number of rotatable bonds is 11. The Kier molecular flexibility index (Phi) is 8.91. The molecule has 0 spiro atoms. The fraction of sp³-hybridized carbons (Fsp3) is 0.424. The average molecular weight is 561 g/mol. The average Bonchev–Trinajstić information content (AvgIpc) is 3.70. The predicted octanol–water partition coefficient (Wildman–Crippen LogP) is 6.30. The molecule has 0 radical (unpaired) electrons. The summed E-state index contributed by atoms with van der Waals surface area (Å²) in [5, 5.41) is 13.8. The molecule has 1 amide bonds. The fourth-order valence-electron chi connectivity index (χ4n) is 6.17. The number of aliphatic hydroxyl groups excluding tert-OH is 1. The number of fused-ring (bicyclic) bond motifs is 1. The Hall–Kier alpha value is -3.16. The molecule has 1 aliphatic carbocycles. The maximum absolute atomic E-state index is 12.7. The number of ether oxygens (including phenoxy) is 2. The normalized spacial score (nSPS) is 16.5. The minimum Gasteiger partial charge on any atom is -0.496 e. The highest BCUT2D eigenvalue weighted by molar-refractivity contribution is 8.02. The number of allylic oxidation sites excluding steroid dienone is 1. The van der Waals surface area contributed by atoms with Crippen LogP contribution in [0.1, 0.15) is 53.7 Å². The van der Waals surface area contributed by atoms with E-state index in [9.17, 15) is 9.90 Å². The monoisotopic (exact) mass is 560 g/mol. The maximum atomic E-state index is 12.7. The molecule has 2 aromatic carbocycles. The highest BCUT2D eigenvalue weighted by atomic mass is 32.2. The van der Waals surface area contributed by atoms with Gasteiger partial charge in [-0.15, -0.1) is 11.8 Å². The predicted molar refractivity (Wildman–Crippen MR) is 161 cm³/mol. The SMILES string of the molecule is COc1cc([C@@H](O)[C@@H](CC2Cc3ccccc3C2)Cn2ccc(CCC(=O)N3CSC=C3C)c2)cc(OC)c1C. The Labute approximate surface area is 242 Å². The number of amides is 1. The molecule has 2 heterocycles. The van der Waals surface area contributed by atoms with Crippen LogP contribution in [-0.4, -0.2) is 40.6 Å². The third-order valence-corrected chi connectivity index (χ3v) is 9.32. The second-order valence-electron chi connectivity index (χ2n) is 11.1. The highest BCUT2D eigenvalue weighted by Crippen LogP contribution is 2.39. The topological polar surface area (TPSA) is 63.9 Å². The van der Waals surface area contributed by atoms with E-state index in [4.69, 9.17) is 9.47 Å². The van der Waals surface area contributed by atoms with Crippen molar-refractivity contribution in [3.63, 3.8) is 0 Å². The third kappa shape index (κ3) is 6.26. The molecule has 3 aromatic rings. The molecule has 5 rings (SSSR count). The van der Waals surface area contributed by atoms with Crippen molar-refractivity contribution in [3.05, 3.63) is 93.8 Å². The fourth-order valence-corrected chi connectivity index (χ4v) is 7.11. The van der Waals surface area contributed by atoms with Gasteiger partial charge in [-0.1, -0.05) is 24.3 Å². The largest absolute Gasteiger partial charge is 0.496 e. The van der Waals surface area contributed by atoms with Crippen LogP contribution < -0.4 is 9.47 Å². The minimum absolute atomic E-state index is 0.00674. The summed E-state index contributed by atoms with van der Waals surface area (Å²) in [5.74, 6) is 2.79. The van der Waals surface area contributed by atoms with Gasteiger partial charge in [-0.3, -0.25) is 4.79 Å². The van der Waals surface area contributed by atoms with Crippen molar-refractivity contribution in [1.82, 2.24) is 9.47 Å². The minimum atomic E-state index is -0.679. The van der Waals surface area contributed by atoms with Crippen molar-refractivity contribution in [1.29, 1.82) is 0 Å². The summed E-state index contributed by atoms with van der Waals surface area (Å²) in [6.45, 7) is 4.64. The van der Waals surface area contributed by atoms with E-state index in [1.165, 1.54) is 11.1 Å². The standard InChI is InChI=1S/C33H40N2O4S/c1-22-20-40-21-35(22)32(36)10-9-24-11-12-34(18-24)19-29(15-25-13-26-7-5-6-8-27(26)14-25)33(37)28-16-30(38-3)23(2)31(17-28)39-4/h5-8,11-12,16-18,20,25,29,33,37H,9-10,13-15,19,21H2,1-4H3/t29-,33+/m0/s1. The molecule has 2 atom stereocenters. The second-order valence-corrected chi connectivity index (χ2v) is 12.0. The Morgan fingerprint density at radius 3 is 2.35 bits per heavy atom. The van der Waals surface area contributed by atoms with Gasteiger partial charge in [0.25, 0.3) is 0 Å². The van der Waals surface area contributed by atoms with Crippen LogP contribution in [0, 0.1) is 18.8 Å². The quantitative estimate of drug-likeness (QED) is 0.298. The number of nitrogens with zero attached hydrogens (tertiary/aromatic N) is 2. The van der Waals surface area contributed by atoms with Gasteiger partial charge in [-0.2, -0.15) is 0 Å². The lowest BCUT2D eigenvalue weighted by Gasteiger charge is -2.27. The van der Waals surface area contributed by atoms with Gasteiger partial charge in [0, 0.05) is 42.5 Å². The number of methoxy groups -OCH3 is 2. The molecular weight excluding hydrogens is 520 g/mol. The molecule has 0 saturated heterocycles. The summed E-state index contributed by atoms with van der Waals surface area (Å²) in [4.78, 5) is 14.5. The summed E-state index contributed by atoms with van der Waals surface area (Å²) < 4.78 is 13.4. The van der Waals surface area contributed by atoms with Crippen LogP contribution >= 0.6 is 11.8 Å². The summed E-state index contributed by atoms with van der Waals surface area (Å²) in [5.41, 5.74) is 6.75. The van der Waals surface area contributed by atoms with Gasteiger partial charge in [0.05, 0.1) is 26.2 Å². The zero-order valence-corrected chi connectivity index (χ0v) is 24.7. The number of hydrogen-bond donors (Lipinski definition) is 1. The van der Waals surface area contributed by atoms with Crippen LogP contribution in [0.5, 0.6) is 11.5 Å². The van der Waals surface area contributed by atoms with Crippen molar-refractivity contribution >= 4 is 17.7 Å². The lowest BCUT2D eigenvalue weighted by molar-refractivity contribution is -0.128. The Bertz CT molecular complexity index is 1330. The zero-order chi connectivity index (χ0) is 28.2. The molecule has 6 nitrogen and oxygen atoms in total. The number of carbonyl (C=O) groups is 1. The molecule has 1 aromatic heterocycles. The van der Waals surface area contributed by atoms with Crippen LogP contribution in [0.2, 0.25) is 0 Å². The number of aromatic nitrogens is 1. The van der Waals surface area contributed by atoms with Gasteiger partial charge in [-0.05, 0) is 91.3 Å². The van der Waals surface area contributed by atoms with Crippen LogP contribution in [0.25, 0.3) is 0 Å². The van der Waals surface area contributed by atoms with Gasteiger partial charge in [0.15, 0.2) is 0 Å². The van der Waals surface area contributed by atoms with E-state index in [2.05, 4.69) is 47.3 Å². The highest BCUT2D eigenvalue weighted by Gasteiger charge is 2.30. The van der Waals surface area contributed by atoms with Crippen molar-refractivity contribution in [2.24, 2.45) is 11.8 Å². The van der Waals surface area contributed by atoms with Crippen molar-refractivity contribution < 1.29 is 19.4 Å². The van der Waals surface area contributed by atoms with Crippen LogP contribution in [0.3, 0.4) is 0 Å². The number of benzene rings is 2. The molecule has 7 heteroatoms. The Morgan fingerprint density at radius 1 is 1.07 bits per heavy atom. The molecular formula is C33H40N2O4S. The molecule has 0 fully saturated rings. The Morgan fingerprint density at radius 2 is 1.75 bits per heavy atom. The molecule has 0 bridgehead atoms. The summed E-state index contributed by atoms with van der Waals surface area (Å²) in [7, 11) is 3.30. The van der Waals surface area contributed by atoms with Crippen molar-refractivity contribution in [2.45, 2.75) is 58.6 Å². The van der Waals surface area contributed by atoms with Gasteiger partial charge in [0.2, 0.25) is 5.91 Å². The van der Waals surface area contributed by atoms with E-state index in [1.54, 1.807) is 26.0 Å². The first-order valence-electron chi connectivity index (χ1n) is 14.1. The smallest absolute Gasteiger partial charge is 0.227 e. The first-order valence-corrected chi connectivity index (χ1v) is 15.1. The summed E-state index contributed by atoms with van der Waals surface area (Å²) in [6.07, 6.45) is 7.72. The second kappa shape index (κ2) is 12.6. The van der Waals surface area contributed by atoms with Gasteiger partial charge >= 0.3 is 0 Å². The van der Waals surface area contributed by atoms with Crippen molar-refractivity contribution in [3.8, 4) is 11.5 Å². The lowest BCUT2D eigenvalue weighted by Crippen LogP contribution is -2.26. The Balaban J connectivity index is 1.32. The van der Waals surface area contributed by atoms with Crippen LogP contribution in [0.15, 0.2) is 66.0 Å². The van der Waals surface area contributed by atoms with E-state index >= 15 is 0 Å². The number of aliphatic hydroxyl groups is 1. The number of thioether (sulfide) groups is 1. The molecule has 40 heavy (non-hydrogen) atoms. The van der Waals surface area contributed by atoms with E-state index in [1.807, 2.05) is 36.3 Å². The van der Waals surface area contributed by atoms with Gasteiger partial charge in [0.1, 0.15) is 11.5 Å². The molecule has 1 N–H and O–H groups in total. The molecule has 1 aliphatic heterocycles. The first-order chi connectivity index (χ1) is 19.4. The number of aryl methyl sites for hydroxylation is 1. The third-order valence-electron chi connectivity index (χ3n) is 8.40. The van der Waals surface area contributed by atoms with Crippen molar-refractivity contribution in [2.75, 3.05) is 20.1 Å². The maximum Gasteiger partial charge on any atom is 0.227 e. The first kappa shape index (κ1) is 28.4. The summed E-state index contributed by atoms with van der Waals surface area (Å²) in [6, 6.07) is 14.7. The van der Waals surface area contributed by atoms with Gasteiger partial charge < -0.3 is 24.0 Å². The number of hydrogen-bond acceptors (Lipinski definition) is 5. The molecule has 0 saturated carbocycles.